The number of allylic oxidation sites excluding steroid dienone is 5. The molecular weight excluding hydrogens is 348 g/mol. The number of amides is 1. The van der Waals surface area contributed by atoms with Gasteiger partial charge in [-0.3, -0.25) is 9.89 Å². The average Bonchev–Trinajstić information content (AvgIpc) is 3.25. The topological polar surface area (TPSA) is 107 Å². The van der Waals surface area contributed by atoms with Gasteiger partial charge in [-0.25, -0.2) is 0 Å². The summed E-state index contributed by atoms with van der Waals surface area (Å²) in [4.78, 5) is 12.3. The van der Waals surface area contributed by atoms with Gasteiger partial charge in [-0.05, 0) is 25.8 Å². The fourth-order valence-electron chi connectivity index (χ4n) is 2.15. The van der Waals surface area contributed by atoms with Crippen LogP contribution in [0.5, 0.6) is 5.75 Å². The van der Waals surface area contributed by atoms with Crippen LogP contribution in [0.1, 0.15) is 36.9 Å². The summed E-state index contributed by atoms with van der Waals surface area (Å²) in [6, 6.07) is 3.40. The van der Waals surface area contributed by atoms with E-state index >= 15 is 0 Å². The highest BCUT2D eigenvalue weighted by molar-refractivity contribution is 7.17. The van der Waals surface area contributed by atoms with Crippen molar-refractivity contribution >= 4 is 23.1 Å². The second-order valence-electron chi connectivity index (χ2n) is 5.33. The number of nitrogens with one attached hydrogen (secondary N) is 1. The Labute approximate surface area is 158 Å². The van der Waals surface area contributed by atoms with Gasteiger partial charge in [0, 0.05) is 12.1 Å². The third-order valence-electron chi connectivity index (χ3n) is 3.64. The molecule has 26 heavy (non-hydrogen) atoms. The van der Waals surface area contributed by atoms with E-state index in [0.29, 0.717) is 16.4 Å². The summed E-state index contributed by atoms with van der Waals surface area (Å²) in [6.45, 7) is 10.00. The number of ether oxygens (including phenoxy) is 1. The van der Waals surface area contributed by atoms with Gasteiger partial charge in [0.05, 0.1) is 17.7 Å². The third kappa shape index (κ3) is 5.63. The van der Waals surface area contributed by atoms with E-state index in [1.165, 1.54) is 29.6 Å². The smallest absolute Gasteiger partial charge is 0.262 e. The van der Waals surface area contributed by atoms with Gasteiger partial charge in [-0.1, -0.05) is 37.3 Å². The van der Waals surface area contributed by atoms with Gasteiger partial charge in [-0.2, -0.15) is 5.10 Å². The van der Waals surface area contributed by atoms with E-state index in [1.807, 2.05) is 6.08 Å². The number of hydrogen-bond acceptors (Lipinski definition) is 5. The molecule has 2 aromatic heterocycles. The zero-order valence-electron chi connectivity index (χ0n) is 15.6. The largest absolute Gasteiger partial charge is 0.495 e. The standard InChI is InChI=1S/C10H16.C9H10N4O2S/c1-5-8-10(7-3)9(4)6-2;1-15-5-3-6(16-8(5)9(11)14)4-2-7(10)13-12-4/h5-6,8H,1,7H2,2-4H3;2-3H,1H3,(H2,11,14)(H3,10,12,13)/b9-6-,10-8-;. The Hall–Kier alpha value is -2.80. The minimum absolute atomic E-state index is 0.380. The molecule has 140 valence electrons. The number of nitrogens with zero attached hydrogens (tertiary/aromatic N) is 1. The Morgan fingerprint density at radius 1 is 1.46 bits per heavy atom. The molecule has 0 fully saturated rings. The van der Waals surface area contributed by atoms with Crippen LogP contribution in [-0.4, -0.2) is 23.2 Å². The van der Waals surface area contributed by atoms with Crippen molar-refractivity contribution in [3.8, 4) is 16.3 Å². The van der Waals surface area contributed by atoms with Gasteiger partial charge in [0.15, 0.2) is 0 Å². The number of primary amides is 1. The predicted octanol–water partition coefficient (Wildman–Crippen LogP) is 4.30. The Balaban J connectivity index is 0.000000294. The lowest BCUT2D eigenvalue weighted by atomic mass is 10.1. The van der Waals surface area contributed by atoms with Gasteiger partial charge in [-0.15, -0.1) is 11.3 Å². The maximum absolute atomic E-state index is 11.1. The molecule has 7 heteroatoms. The second-order valence-corrected chi connectivity index (χ2v) is 6.38. The van der Waals surface area contributed by atoms with Gasteiger partial charge in [0.25, 0.3) is 5.91 Å². The van der Waals surface area contributed by atoms with Crippen LogP contribution in [0.2, 0.25) is 0 Å². The van der Waals surface area contributed by atoms with Crippen molar-refractivity contribution in [2.45, 2.75) is 27.2 Å². The van der Waals surface area contributed by atoms with Crippen molar-refractivity contribution < 1.29 is 9.53 Å². The molecule has 5 N–H and O–H groups in total. The summed E-state index contributed by atoms with van der Waals surface area (Å²) in [5, 5.41) is 6.56. The molecule has 6 nitrogen and oxygen atoms in total. The quantitative estimate of drug-likeness (QED) is 0.655. The number of rotatable bonds is 6. The van der Waals surface area contributed by atoms with E-state index in [2.05, 4.69) is 49.7 Å². The normalized spacial score (nSPS) is 11.5. The summed E-state index contributed by atoms with van der Waals surface area (Å²) in [7, 11) is 1.49. The summed E-state index contributed by atoms with van der Waals surface area (Å²) in [5.74, 6) is 0.337. The van der Waals surface area contributed by atoms with E-state index in [9.17, 15) is 4.79 Å². The molecule has 0 aromatic carbocycles. The third-order valence-corrected chi connectivity index (χ3v) is 4.81. The lowest BCUT2D eigenvalue weighted by molar-refractivity contribution is 0.100. The number of thiophene rings is 1. The SMILES string of the molecule is C=C/C=C(CC)\C(C)=C/C.COc1cc(-c2cc(N)n[nH]2)sc1C(N)=O. The highest BCUT2D eigenvalue weighted by Crippen LogP contribution is 2.35. The van der Waals surface area contributed by atoms with Crippen LogP contribution < -0.4 is 16.2 Å². The van der Waals surface area contributed by atoms with E-state index < -0.39 is 5.91 Å². The molecule has 2 aromatic rings. The molecule has 0 radical (unpaired) electrons. The number of H-pyrrole nitrogens is 1. The second kappa shape index (κ2) is 10.2. The number of nitrogens with two attached hydrogens (primary N) is 2. The molecule has 0 unspecified atom stereocenters. The molecule has 2 heterocycles. The first-order chi connectivity index (χ1) is 12.4. The predicted molar refractivity (Wildman–Crippen MR) is 109 cm³/mol. The number of anilines is 1. The molecule has 0 saturated heterocycles. The van der Waals surface area contributed by atoms with Crippen molar-refractivity contribution in [1.82, 2.24) is 10.2 Å². The van der Waals surface area contributed by atoms with E-state index in [4.69, 9.17) is 16.2 Å². The molecule has 0 bridgehead atoms. The molecule has 0 aliphatic carbocycles. The molecule has 0 atom stereocenters. The Kier molecular flexibility index (Phi) is 8.37. The summed E-state index contributed by atoms with van der Waals surface area (Å²) >= 11 is 1.23. The molecule has 0 saturated carbocycles. The monoisotopic (exact) mass is 374 g/mol. The first kappa shape index (κ1) is 21.2. The lowest BCUT2D eigenvalue weighted by Crippen LogP contribution is -2.09. The average molecular weight is 375 g/mol. The Morgan fingerprint density at radius 2 is 2.15 bits per heavy atom. The molecule has 0 aliphatic heterocycles. The number of carbonyl (C=O) groups is 1. The number of aromatic amines is 1. The minimum atomic E-state index is -0.513. The lowest BCUT2D eigenvalue weighted by Gasteiger charge is -2.01. The first-order valence-electron chi connectivity index (χ1n) is 8.11. The van der Waals surface area contributed by atoms with Crippen LogP contribution in [0.4, 0.5) is 5.82 Å². The van der Waals surface area contributed by atoms with Crippen molar-refractivity contribution in [3.05, 3.63) is 53.0 Å². The van der Waals surface area contributed by atoms with Crippen LogP contribution in [0.3, 0.4) is 0 Å². The summed E-state index contributed by atoms with van der Waals surface area (Å²) in [6.07, 6.45) is 7.11. The van der Waals surface area contributed by atoms with Gasteiger partial charge < -0.3 is 16.2 Å². The number of carbonyl (C=O) groups excluding carboxylic acids is 1. The molecular formula is C19H26N4O2S. The van der Waals surface area contributed by atoms with Crippen molar-refractivity contribution in [3.63, 3.8) is 0 Å². The van der Waals surface area contributed by atoms with E-state index in [0.717, 1.165) is 17.0 Å². The van der Waals surface area contributed by atoms with Crippen molar-refractivity contribution in [2.75, 3.05) is 12.8 Å². The summed E-state index contributed by atoms with van der Waals surface area (Å²) in [5.41, 5.74) is 14.2. The van der Waals surface area contributed by atoms with Crippen molar-refractivity contribution in [2.24, 2.45) is 5.73 Å². The molecule has 1 amide bonds. The number of hydrogen-bond donors (Lipinski definition) is 3. The maximum Gasteiger partial charge on any atom is 0.262 e. The highest BCUT2D eigenvalue weighted by Gasteiger charge is 2.16. The zero-order chi connectivity index (χ0) is 19.7. The maximum atomic E-state index is 11.1. The van der Waals surface area contributed by atoms with Crippen LogP contribution >= 0.6 is 11.3 Å². The van der Waals surface area contributed by atoms with Gasteiger partial charge in [0.2, 0.25) is 0 Å². The zero-order valence-corrected chi connectivity index (χ0v) is 16.4. The van der Waals surface area contributed by atoms with Crippen LogP contribution in [0.15, 0.2) is 48.1 Å². The van der Waals surface area contributed by atoms with E-state index in [-0.39, 0.29) is 0 Å². The Bertz CT molecular complexity index is 815. The number of aromatic nitrogens is 2. The van der Waals surface area contributed by atoms with Crippen LogP contribution in [0.25, 0.3) is 10.6 Å². The first-order valence-corrected chi connectivity index (χ1v) is 8.93. The highest BCUT2D eigenvalue weighted by atomic mass is 32.1. The van der Waals surface area contributed by atoms with E-state index in [1.54, 1.807) is 12.1 Å². The van der Waals surface area contributed by atoms with Gasteiger partial charge in [0.1, 0.15) is 16.4 Å². The van der Waals surface area contributed by atoms with Gasteiger partial charge >= 0.3 is 0 Å². The Morgan fingerprint density at radius 3 is 2.54 bits per heavy atom. The van der Waals surface area contributed by atoms with Crippen LogP contribution in [-0.2, 0) is 0 Å². The number of nitrogen functional groups attached to an aromatic ring is 1. The molecule has 0 aliphatic rings. The fourth-order valence-corrected chi connectivity index (χ4v) is 3.09. The molecule has 2 rings (SSSR count). The summed E-state index contributed by atoms with van der Waals surface area (Å²) < 4.78 is 5.06. The number of methoxy groups -OCH3 is 1. The fraction of sp³-hybridized carbons (Fsp3) is 0.263. The van der Waals surface area contributed by atoms with Crippen molar-refractivity contribution in [1.29, 1.82) is 0 Å². The molecule has 0 spiro atoms. The van der Waals surface area contributed by atoms with Crippen LogP contribution in [0, 0.1) is 0 Å². The minimum Gasteiger partial charge on any atom is -0.495 e.